The number of rotatable bonds is 3. The van der Waals surface area contributed by atoms with Crippen LogP contribution in [-0.2, 0) is 10.2 Å². The SMILES string of the molecule is Cc1nc(NC(=O)C2(c3ccc(Cl)cc3)CC2)sc1C. The Balaban J connectivity index is 1.81. The lowest BCUT2D eigenvalue weighted by Gasteiger charge is -2.14. The highest BCUT2D eigenvalue weighted by Gasteiger charge is 2.51. The molecule has 1 aliphatic carbocycles. The molecule has 0 spiro atoms. The van der Waals surface area contributed by atoms with E-state index < -0.39 is 5.41 Å². The van der Waals surface area contributed by atoms with Crippen molar-refractivity contribution in [3.63, 3.8) is 0 Å². The third-order valence-electron chi connectivity index (χ3n) is 3.83. The van der Waals surface area contributed by atoms with Crippen LogP contribution < -0.4 is 5.32 Å². The zero-order chi connectivity index (χ0) is 14.3. The minimum absolute atomic E-state index is 0.0357. The lowest BCUT2D eigenvalue weighted by molar-refractivity contribution is -0.118. The summed E-state index contributed by atoms with van der Waals surface area (Å²) in [4.78, 5) is 18.0. The van der Waals surface area contributed by atoms with E-state index in [2.05, 4.69) is 10.3 Å². The zero-order valence-electron chi connectivity index (χ0n) is 11.4. The van der Waals surface area contributed by atoms with E-state index in [1.165, 1.54) is 11.3 Å². The van der Waals surface area contributed by atoms with Crippen molar-refractivity contribution in [1.29, 1.82) is 0 Å². The van der Waals surface area contributed by atoms with Crippen molar-refractivity contribution in [3.05, 3.63) is 45.4 Å². The van der Waals surface area contributed by atoms with Gasteiger partial charge in [0.05, 0.1) is 11.1 Å². The molecule has 0 saturated heterocycles. The lowest BCUT2D eigenvalue weighted by atomic mass is 9.95. The summed E-state index contributed by atoms with van der Waals surface area (Å²) >= 11 is 7.42. The molecular formula is C15H15ClN2OS. The summed E-state index contributed by atoms with van der Waals surface area (Å²) < 4.78 is 0. The fourth-order valence-electron chi connectivity index (χ4n) is 2.28. The van der Waals surface area contributed by atoms with Crippen LogP contribution in [0.2, 0.25) is 5.02 Å². The summed E-state index contributed by atoms with van der Waals surface area (Å²) in [5.41, 5.74) is 1.61. The van der Waals surface area contributed by atoms with Gasteiger partial charge >= 0.3 is 0 Å². The van der Waals surface area contributed by atoms with Gasteiger partial charge in [0.1, 0.15) is 0 Å². The molecule has 0 atom stereocenters. The first-order valence-corrected chi connectivity index (χ1v) is 7.72. The first-order valence-electron chi connectivity index (χ1n) is 6.53. The number of hydrogen-bond acceptors (Lipinski definition) is 3. The van der Waals surface area contributed by atoms with Crippen LogP contribution in [0.15, 0.2) is 24.3 Å². The molecule has 1 aliphatic rings. The normalized spacial score (nSPS) is 15.9. The van der Waals surface area contributed by atoms with E-state index in [1.54, 1.807) is 0 Å². The minimum atomic E-state index is -0.391. The van der Waals surface area contributed by atoms with Gasteiger partial charge in [-0.25, -0.2) is 4.98 Å². The molecule has 20 heavy (non-hydrogen) atoms. The Morgan fingerprint density at radius 2 is 1.95 bits per heavy atom. The molecule has 0 radical (unpaired) electrons. The first-order chi connectivity index (χ1) is 9.51. The summed E-state index contributed by atoms with van der Waals surface area (Å²) in [6.45, 7) is 3.96. The maximum atomic E-state index is 12.5. The number of aryl methyl sites for hydroxylation is 2. The Kier molecular flexibility index (Phi) is 3.30. The van der Waals surface area contributed by atoms with Gasteiger partial charge in [0, 0.05) is 9.90 Å². The van der Waals surface area contributed by atoms with Gasteiger partial charge < -0.3 is 5.32 Å². The van der Waals surface area contributed by atoms with Crippen LogP contribution in [0.5, 0.6) is 0 Å². The maximum absolute atomic E-state index is 12.5. The van der Waals surface area contributed by atoms with Gasteiger partial charge in [-0.3, -0.25) is 4.79 Å². The van der Waals surface area contributed by atoms with Gasteiger partial charge in [-0.05, 0) is 44.4 Å². The molecule has 1 aromatic carbocycles. The number of benzene rings is 1. The number of carbonyl (C=O) groups excluding carboxylic acids is 1. The predicted molar refractivity (Wildman–Crippen MR) is 82.6 cm³/mol. The summed E-state index contributed by atoms with van der Waals surface area (Å²) in [6, 6.07) is 7.55. The molecule has 1 amide bonds. The topological polar surface area (TPSA) is 42.0 Å². The molecular weight excluding hydrogens is 292 g/mol. The van der Waals surface area contributed by atoms with Crippen molar-refractivity contribution in [1.82, 2.24) is 4.98 Å². The largest absolute Gasteiger partial charge is 0.301 e. The first kappa shape index (κ1) is 13.6. The van der Waals surface area contributed by atoms with Gasteiger partial charge in [0.25, 0.3) is 0 Å². The number of hydrogen-bond donors (Lipinski definition) is 1. The molecule has 3 nitrogen and oxygen atoms in total. The number of nitrogens with one attached hydrogen (secondary N) is 1. The van der Waals surface area contributed by atoms with Crippen molar-refractivity contribution in [2.75, 3.05) is 5.32 Å². The van der Waals surface area contributed by atoms with Gasteiger partial charge in [-0.15, -0.1) is 11.3 Å². The molecule has 3 rings (SSSR count). The molecule has 104 valence electrons. The van der Waals surface area contributed by atoms with Crippen molar-refractivity contribution < 1.29 is 4.79 Å². The average Bonchev–Trinajstić information content (AvgIpc) is 3.15. The number of halogens is 1. The Morgan fingerprint density at radius 1 is 1.30 bits per heavy atom. The molecule has 0 unspecified atom stereocenters. The van der Waals surface area contributed by atoms with Crippen LogP contribution in [0.1, 0.15) is 29.0 Å². The summed E-state index contributed by atoms with van der Waals surface area (Å²) in [5, 5.41) is 4.33. The monoisotopic (exact) mass is 306 g/mol. The molecule has 5 heteroatoms. The fourth-order valence-corrected chi connectivity index (χ4v) is 3.22. The molecule has 0 bridgehead atoms. The molecule has 1 fully saturated rings. The maximum Gasteiger partial charge on any atom is 0.236 e. The van der Waals surface area contributed by atoms with Gasteiger partial charge in [-0.2, -0.15) is 0 Å². The Labute approximate surface area is 127 Å². The zero-order valence-corrected chi connectivity index (χ0v) is 12.9. The van der Waals surface area contributed by atoms with E-state index in [0.717, 1.165) is 29.0 Å². The van der Waals surface area contributed by atoms with Gasteiger partial charge in [-0.1, -0.05) is 23.7 Å². The minimum Gasteiger partial charge on any atom is -0.301 e. The molecule has 1 N–H and O–H groups in total. The van der Waals surface area contributed by atoms with Crippen molar-refractivity contribution in [3.8, 4) is 0 Å². The smallest absolute Gasteiger partial charge is 0.236 e. The number of thiazole rings is 1. The number of anilines is 1. The van der Waals surface area contributed by atoms with E-state index in [9.17, 15) is 4.79 Å². The van der Waals surface area contributed by atoms with Crippen molar-refractivity contribution in [2.24, 2.45) is 0 Å². The Hall–Kier alpha value is -1.39. The summed E-state index contributed by atoms with van der Waals surface area (Å²) in [5.74, 6) is 0.0357. The fraction of sp³-hybridized carbons (Fsp3) is 0.333. The van der Waals surface area contributed by atoms with Gasteiger partial charge in [0.2, 0.25) is 5.91 Å². The lowest BCUT2D eigenvalue weighted by Crippen LogP contribution is -2.27. The highest BCUT2D eigenvalue weighted by molar-refractivity contribution is 7.15. The second-order valence-electron chi connectivity index (χ2n) is 5.20. The van der Waals surface area contributed by atoms with E-state index in [0.29, 0.717) is 10.2 Å². The quantitative estimate of drug-likeness (QED) is 0.928. The molecule has 0 aliphatic heterocycles. The van der Waals surface area contributed by atoms with Crippen LogP contribution in [0.3, 0.4) is 0 Å². The van der Waals surface area contributed by atoms with Crippen LogP contribution in [0.4, 0.5) is 5.13 Å². The molecule has 1 saturated carbocycles. The standard InChI is InChI=1S/C15H15ClN2OS/c1-9-10(2)20-14(17-9)18-13(19)15(7-8-15)11-3-5-12(16)6-4-11/h3-6H,7-8H2,1-2H3,(H,17,18,19). The van der Waals surface area contributed by atoms with Crippen LogP contribution in [0, 0.1) is 13.8 Å². The van der Waals surface area contributed by atoms with E-state index >= 15 is 0 Å². The second kappa shape index (κ2) is 4.86. The Bertz CT molecular complexity index is 640. The van der Waals surface area contributed by atoms with Crippen molar-refractivity contribution in [2.45, 2.75) is 32.1 Å². The molecule has 1 aromatic heterocycles. The summed E-state index contributed by atoms with van der Waals surface area (Å²) in [7, 11) is 0. The van der Waals surface area contributed by atoms with E-state index in [1.807, 2.05) is 38.1 Å². The van der Waals surface area contributed by atoms with Gasteiger partial charge in [0.15, 0.2) is 5.13 Å². The van der Waals surface area contributed by atoms with E-state index in [4.69, 9.17) is 11.6 Å². The number of amides is 1. The summed E-state index contributed by atoms with van der Waals surface area (Å²) in [6.07, 6.45) is 1.76. The van der Waals surface area contributed by atoms with Crippen molar-refractivity contribution >= 4 is 34.0 Å². The number of carbonyl (C=O) groups is 1. The Morgan fingerprint density at radius 3 is 2.45 bits per heavy atom. The third kappa shape index (κ3) is 2.34. The van der Waals surface area contributed by atoms with E-state index in [-0.39, 0.29) is 5.91 Å². The second-order valence-corrected chi connectivity index (χ2v) is 6.84. The van der Waals surface area contributed by atoms with Crippen LogP contribution in [-0.4, -0.2) is 10.9 Å². The third-order valence-corrected chi connectivity index (χ3v) is 5.07. The van der Waals surface area contributed by atoms with Crippen LogP contribution >= 0.6 is 22.9 Å². The highest BCUT2D eigenvalue weighted by Crippen LogP contribution is 2.49. The molecule has 2 aromatic rings. The molecule has 1 heterocycles. The highest BCUT2D eigenvalue weighted by atomic mass is 35.5. The predicted octanol–water partition coefficient (Wildman–Crippen LogP) is 4.08. The number of nitrogens with zero attached hydrogens (tertiary/aromatic N) is 1. The van der Waals surface area contributed by atoms with Crippen LogP contribution in [0.25, 0.3) is 0 Å². The number of aromatic nitrogens is 1. The average molecular weight is 307 g/mol.